The smallest absolute Gasteiger partial charge is 0.256 e. The third kappa shape index (κ3) is 4.59. The van der Waals surface area contributed by atoms with Crippen LogP contribution in [0.5, 0.6) is 5.75 Å². The van der Waals surface area contributed by atoms with Crippen LogP contribution >= 0.6 is 0 Å². The molecule has 1 atom stereocenters. The summed E-state index contributed by atoms with van der Waals surface area (Å²) in [6.07, 6.45) is 1.17. The molecule has 0 spiro atoms. The van der Waals surface area contributed by atoms with Crippen LogP contribution in [0.4, 0.5) is 4.39 Å². The third-order valence-electron chi connectivity index (χ3n) is 5.72. The summed E-state index contributed by atoms with van der Waals surface area (Å²) in [7, 11) is 1.53. The Morgan fingerprint density at radius 1 is 1.19 bits per heavy atom. The lowest BCUT2D eigenvalue weighted by Gasteiger charge is -2.43. The number of likely N-dealkylation sites (N-methyl/N-ethyl adjacent to an activating group) is 1. The molecule has 2 aliphatic heterocycles. The Morgan fingerprint density at radius 3 is 2.56 bits per heavy atom. The zero-order chi connectivity index (χ0) is 19.4. The van der Waals surface area contributed by atoms with Gasteiger partial charge in [-0.1, -0.05) is 6.92 Å². The minimum Gasteiger partial charge on any atom is -0.497 e. The number of likely N-dealkylation sites (tertiary alicyclic amines) is 1. The first kappa shape index (κ1) is 20.0. The molecule has 1 aromatic carbocycles. The number of piperidine rings is 1. The second-order valence-corrected chi connectivity index (χ2v) is 7.53. The maximum atomic E-state index is 14.2. The quantitative estimate of drug-likeness (QED) is 0.808. The number of carbonyl (C=O) groups excluding carboxylic acids is 1. The largest absolute Gasteiger partial charge is 0.497 e. The predicted molar refractivity (Wildman–Crippen MR) is 101 cm³/mol. The lowest BCUT2D eigenvalue weighted by atomic mass is 9.90. The maximum Gasteiger partial charge on any atom is 0.256 e. The molecule has 0 radical (unpaired) electrons. The Labute approximate surface area is 160 Å². The van der Waals surface area contributed by atoms with Gasteiger partial charge >= 0.3 is 0 Å². The number of hydrogen-bond acceptors (Lipinski definition) is 5. The van der Waals surface area contributed by atoms with Crippen molar-refractivity contribution < 1.29 is 19.0 Å². The van der Waals surface area contributed by atoms with Gasteiger partial charge in [0, 0.05) is 51.4 Å². The van der Waals surface area contributed by atoms with Crippen LogP contribution in [0, 0.1) is 5.82 Å². The molecule has 3 rings (SSSR count). The van der Waals surface area contributed by atoms with Crippen molar-refractivity contribution in [2.75, 3.05) is 52.9 Å². The summed E-state index contributed by atoms with van der Waals surface area (Å²) in [5, 5.41) is 11.1. The highest BCUT2D eigenvalue weighted by Gasteiger charge is 2.43. The van der Waals surface area contributed by atoms with Crippen molar-refractivity contribution in [1.29, 1.82) is 0 Å². The molecule has 0 saturated carbocycles. The molecule has 27 heavy (non-hydrogen) atoms. The topological polar surface area (TPSA) is 56.3 Å². The summed E-state index contributed by atoms with van der Waals surface area (Å²) in [5.74, 6) is -0.109. The Balaban J connectivity index is 1.66. The van der Waals surface area contributed by atoms with Gasteiger partial charge in [-0.3, -0.25) is 9.69 Å². The van der Waals surface area contributed by atoms with Gasteiger partial charge in [-0.2, -0.15) is 0 Å². The summed E-state index contributed by atoms with van der Waals surface area (Å²) >= 11 is 0. The Hall–Kier alpha value is -1.70. The Kier molecular flexibility index (Phi) is 6.34. The molecule has 2 heterocycles. The van der Waals surface area contributed by atoms with Crippen molar-refractivity contribution in [2.45, 2.75) is 31.9 Å². The minimum atomic E-state index is -1.39. The van der Waals surface area contributed by atoms with Crippen LogP contribution in [-0.2, 0) is 11.3 Å². The second kappa shape index (κ2) is 8.54. The van der Waals surface area contributed by atoms with E-state index in [2.05, 4.69) is 16.7 Å². The van der Waals surface area contributed by atoms with Crippen molar-refractivity contribution in [3.63, 3.8) is 0 Å². The molecule has 2 saturated heterocycles. The van der Waals surface area contributed by atoms with E-state index in [-0.39, 0.29) is 18.3 Å². The number of β-amino-alcohol motifs (C(OH)–C–C–N with tert-alkyl or cyclic N) is 1. The van der Waals surface area contributed by atoms with Gasteiger partial charge in [0.15, 0.2) is 5.60 Å². The van der Waals surface area contributed by atoms with Crippen LogP contribution in [0.25, 0.3) is 0 Å². The maximum absolute atomic E-state index is 14.2. The van der Waals surface area contributed by atoms with E-state index in [9.17, 15) is 14.3 Å². The van der Waals surface area contributed by atoms with Crippen LogP contribution in [0.3, 0.4) is 0 Å². The highest BCUT2D eigenvalue weighted by Crippen LogP contribution is 2.27. The SMILES string of the molecule is CCN1CCN(C[C@]2(O)CCCN(Cc3cc(OC)ccc3F)C2=O)CC1. The molecule has 2 aliphatic rings. The molecule has 1 N–H and O–H groups in total. The molecule has 0 aliphatic carbocycles. The van der Waals surface area contributed by atoms with E-state index in [1.807, 2.05) is 0 Å². The first-order chi connectivity index (χ1) is 12.9. The minimum absolute atomic E-state index is 0.147. The summed E-state index contributed by atoms with van der Waals surface area (Å²) in [4.78, 5) is 19.1. The molecule has 0 aromatic heterocycles. The highest BCUT2D eigenvalue weighted by atomic mass is 19.1. The predicted octanol–water partition coefficient (Wildman–Crippen LogP) is 1.33. The molecular weight excluding hydrogens is 349 g/mol. The van der Waals surface area contributed by atoms with E-state index in [1.165, 1.54) is 13.2 Å². The van der Waals surface area contributed by atoms with Crippen LogP contribution in [0.1, 0.15) is 25.3 Å². The molecule has 2 fully saturated rings. The third-order valence-corrected chi connectivity index (χ3v) is 5.72. The van der Waals surface area contributed by atoms with Gasteiger partial charge in [0.25, 0.3) is 5.91 Å². The van der Waals surface area contributed by atoms with Gasteiger partial charge in [0.1, 0.15) is 11.6 Å². The van der Waals surface area contributed by atoms with Gasteiger partial charge in [-0.05, 0) is 37.6 Å². The number of methoxy groups -OCH3 is 1. The van der Waals surface area contributed by atoms with E-state index in [0.29, 0.717) is 37.2 Å². The highest BCUT2D eigenvalue weighted by molar-refractivity contribution is 5.86. The van der Waals surface area contributed by atoms with Gasteiger partial charge in [0.2, 0.25) is 0 Å². The zero-order valence-corrected chi connectivity index (χ0v) is 16.3. The van der Waals surface area contributed by atoms with Gasteiger partial charge in [-0.25, -0.2) is 4.39 Å². The number of amides is 1. The first-order valence-electron chi connectivity index (χ1n) is 9.74. The zero-order valence-electron chi connectivity index (χ0n) is 16.3. The number of ether oxygens (including phenoxy) is 1. The normalized spacial score (nSPS) is 25.0. The summed E-state index contributed by atoms with van der Waals surface area (Å²) in [6, 6.07) is 4.52. The molecule has 1 aromatic rings. The van der Waals surface area contributed by atoms with E-state index < -0.39 is 5.60 Å². The fourth-order valence-corrected chi connectivity index (χ4v) is 4.00. The van der Waals surface area contributed by atoms with Crippen LogP contribution < -0.4 is 4.74 Å². The number of benzene rings is 1. The fraction of sp³-hybridized carbons (Fsp3) is 0.650. The standard InChI is InChI=1S/C20H30FN3O3/c1-3-22-9-11-23(12-10-22)15-20(26)7-4-8-24(19(20)25)14-16-13-17(27-2)5-6-18(16)21/h5-6,13,26H,3-4,7-12,14-15H2,1-2H3/t20-/m1/s1. The molecule has 0 unspecified atom stereocenters. The lowest BCUT2D eigenvalue weighted by molar-refractivity contribution is -0.160. The van der Waals surface area contributed by atoms with E-state index in [0.717, 1.165) is 32.7 Å². The Bertz CT molecular complexity index is 664. The summed E-state index contributed by atoms with van der Waals surface area (Å²) in [6.45, 7) is 7.82. The average molecular weight is 379 g/mol. The molecule has 7 heteroatoms. The van der Waals surface area contributed by atoms with Crippen molar-refractivity contribution >= 4 is 5.91 Å². The number of aliphatic hydroxyl groups is 1. The summed E-state index contributed by atoms with van der Waals surface area (Å²) < 4.78 is 19.3. The van der Waals surface area contributed by atoms with Crippen molar-refractivity contribution in [3.8, 4) is 5.75 Å². The number of halogens is 1. The Morgan fingerprint density at radius 2 is 1.89 bits per heavy atom. The number of nitrogens with zero attached hydrogens (tertiary/aromatic N) is 3. The second-order valence-electron chi connectivity index (χ2n) is 7.53. The average Bonchev–Trinajstić information content (AvgIpc) is 2.68. The van der Waals surface area contributed by atoms with E-state index in [1.54, 1.807) is 17.0 Å². The van der Waals surface area contributed by atoms with Crippen molar-refractivity contribution in [1.82, 2.24) is 14.7 Å². The molecular formula is C20H30FN3O3. The van der Waals surface area contributed by atoms with Crippen LogP contribution in [-0.4, -0.2) is 84.2 Å². The van der Waals surface area contributed by atoms with E-state index in [4.69, 9.17) is 4.74 Å². The number of carbonyl (C=O) groups is 1. The van der Waals surface area contributed by atoms with Crippen molar-refractivity contribution in [3.05, 3.63) is 29.6 Å². The lowest BCUT2D eigenvalue weighted by Crippen LogP contribution is -2.60. The van der Waals surface area contributed by atoms with Gasteiger partial charge in [-0.15, -0.1) is 0 Å². The molecule has 6 nitrogen and oxygen atoms in total. The first-order valence-corrected chi connectivity index (χ1v) is 9.74. The number of rotatable bonds is 6. The number of hydrogen-bond donors (Lipinski definition) is 1. The van der Waals surface area contributed by atoms with E-state index >= 15 is 0 Å². The molecule has 150 valence electrons. The van der Waals surface area contributed by atoms with Crippen LogP contribution in [0.2, 0.25) is 0 Å². The van der Waals surface area contributed by atoms with Crippen LogP contribution in [0.15, 0.2) is 18.2 Å². The fourth-order valence-electron chi connectivity index (χ4n) is 4.00. The van der Waals surface area contributed by atoms with Crippen molar-refractivity contribution in [2.24, 2.45) is 0 Å². The molecule has 1 amide bonds. The monoisotopic (exact) mass is 379 g/mol. The number of piperazine rings is 1. The van der Waals surface area contributed by atoms with Gasteiger partial charge < -0.3 is 19.6 Å². The van der Waals surface area contributed by atoms with Gasteiger partial charge in [0.05, 0.1) is 7.11 Å². The molecule has 0 bridgehead atoms. The summed E-state index contributed by atoms with van der Waals surface area (Å²) in [5.41, 5.74) is -0.981.